The molecule has 14 heteroatoms. The number of anilines is 1. The number of sulfonamides is 1. The second-order valence-electron chi connectivity index (χ2n) is 7.32. The van der Waals surface area contributed by atoms with Crippen molar-refractivity contribution in [3.05, 3.63) is 81.9 Å². The molecule has 0 saturated carbocycles. The molecule has 0 atom stereocenters. The number of H-pyrrole nitrogens is 1. The normalized spacial score (nSPS) is 12.8. The van der Waals surface area contributed by atoms with Gasteiger partial charge in [0.1, 0.15) is 18.1 Å². The number of methoxy groups -OCH3 is 1. The second kappa shape index (κ2) is 10.1. The van der Waals surface area contributed by atoms with Crippen molar-refractivity contribution in [2.24, 2.45) is 4.99 Å². The van der Waals surface area contributed by atoms with Gasteiger partial charge in [0.15, 0.2) is 0 Å². The van der Waals surface area contributed by atoms with Gasteiger partial charge < -0.3 is 9.72 Å². The predicted molar refractivity (Wildman–Crippen MR) is 130 cm³/mol. The van der Waals surface area contributed by atoms with Gasteiger partial charge >= 0.3 is 6.18 Å². The van der Waals surface area contributed by atoms with Gasteiger partial charge in [-0.1, -0.05) is 23.2 Å². The number of alkyl halides is 3. The smallest absolute Gasteiger partial charge is 0.363 e. The molecule has 0 spiro atoms. The minimum Gasteiger partial charge on any atom is -0.363 e. The van der Waals surface area contributed by atoms with Crippen LogP contribution in [0.15, 0.2) is 64.9 Å². The summed E-state index contributed by atoms with van der Waals surface area (Å²) < 4.78 is 73.5. The van der Waals surface area contributed by atoms with Crippen LogP contribution in [0.4, 0.5) is 18.9 Å². The molecule has 188 valence electrons. The van der Waals surface area contributed by atoms with Gasteiger partial charge in [0.25, 0.3) is 10.0 Å². The van der Waals surface area contributed by atoms with Crippen LogP contribution in [0.5, 0.6) is 0 Å². The Morgan fingerprint density at radius 1 is 1.17 bits per heavy atom. The average Bonchev–Trinajstić information content (AvgIpc) is 3.29. The molecule has 0 unspecified atom stereocenters. The summed E-state index contributed by atoms with van der Waals surface area (Å²) in [6, 6.07) is 6.97. The Morgan fingerprint density at radius 2 is 1.94 bits per heavy atom. The molecule has 0 bridgehead atoms. The molecular weight excluding hydrogens is 542 g/mol. The number of aromatic amines is 1. The molecule has 0 aliphatic carbocycles. The van der Waals surface area contributed by atoms with E-state index in [0.717, 1.165) is 12.1 Å². The van der Waals surface area contributed by atoms with Gasteiger partial charge in [0, 0.05) is 36.7 Å². The maximum Gasteiger partial charge on any atom is 0.417 e. The van der Waals surface area contributed by atoms with E-state index in [4.69, 9.17) is 27.9 Å². The highest BCUT2D eigenvalue weighted by Crippen LogP contribution is 2.36. The predicted octanol–water partition coefficient (Wildman–Crippen LogP) is 5.53. The summed E-state index contributed by atoms with van der Waals surface area (Å²) in [6.07, 6.45) is -0.360. The molecule has 8 nitrogen and oxygen atoms in total. The topological polar surface area (TPSA) is 109 Å². The van der Waals surface area contributed by atoms with Gasteiger partial charge in [-0.2, -0.15) is 13.2 Å². The number of aromatic nitrogens is 3. The highest BCUT2D eigenvalue weighted by Gasteiger charge is 2.34. The Bertz CT molecular complexity index is 1570. The maximum absolute atomic E-state index is 13.3. The van der Waals surface area contributed by atoms with E-state index in [1.807, 2.05) is 0 Å². The zero-order valence-corrected chi connectivity index (χ0v) is 20.6. The van der Waals surface area contributed by atoms with E-state index >= 15 is 0 Å². The SMILES string of the molecule is COCN=C(c1ncc(Cl)cc1NS(=O)(=O)c1ccc(Cl)c(C(F)(F)F)c1)c1ccnc2[nH]ccc12. The third-order valence-corrected chi connectivity index (χ3v) is 6.84. The summed E-state index contributed by atoms with van der Waals surface area (Å²) >= 11 is 11.7. The van der Waals surface area contributed by atoms with Crippen molar-refractivity contribution in [2.75, 3.05) is 18.6 Å². The van der Waals surface area contributed by atoms with Crippen molar-refractivity contribution in [2.45, 2.75) is 11.1 Å². The maximum atomic E-state index is 13.3. The standard InChI is InChI=1S/C22H16Cl2F3N5O3S/c1-35-11-31-19(14-4-6-28-21-15(14)5-7-29-21)20-18(8-12(23)10-30-20)32-36(33,34)13-2-3-17(24)16(9-13)22(25,26)27/h2-10,32H,11H2,1H3,(H,28,29). The number of aliphatic imine (C=N–C) groups is 1. The van der Waals surface area contributed by atoms with Crippen LogP contribution in [-0.2, 0) is 20.9 Å². The molecule has 3 heterocycles. The molecule has 0 amide bonds. The van der Waals surface area contributed by atoms with E-state index in [2.05, 4.69) is 24.7 Å². The molecule has 36 heavy (non-hydrogen) atoms. The highest BCUT2D eigenvalue weighted by molar-refractivity contribution is 7.92. The molecule has 3 aromatic heterocycles. The Hall–Kier alpha value is -3.19. The van der Waals surface area contributed by atoms with Crippen LogP contribution < -0.4 is 4.72 Å². The van der Waals surface area contributed by atoms with E-state index < -0.39 is 31.7 Å². The van der Waals surface area contributed by atoms with Crippen LogP contribution in [0, 0.1) is 0 Å². The second-order valence-corrected chi connectivity index (χ2v) is 9.84. The van der Waals surface area contributed by atoms with Gasteiger partial charge in [-0.3, -0.25) is 14.7 Å². The number of nitrogens with zero attached hydrogens (tertiary/aromatic N) is 3. The first-order valence-electron chi connectivity index (χ1n) is 10.0. The lowest BCUT2D eigenvalue weighted by Gasteiger charge is -2.16. The molecular formula is C22H16Cl2F3N5O3S. The van der Waals surface area contributed by atoms with Crippen LogP contribution in [0.25, 0.3) is 11.0 Å². The Morgan fingerprint density at radius 3 is 2.67 bits per heavy atom. The third kappa shape index (κ3) is 5.31. The lowest BCUT2D eigenvalue weighted by atomic mass is 10.0. The number of hydrogen-bond donors (Lipinski definition) is 2. The first kappa shape index (κ1) is 25.9. The summed E-state index contributed by atoms with van der Waals surface area (Å²) in [5, 5.41) is 0.121. The summed E-state index contributed by atoms with van der Waals surface area (Å²) in [4.78, 5) is 15.2. The van der Waals surface area contributed by atoms with Gasteiger partial charge in [-0.05, 0) is 36.4 Å². The Balaban J connectivity index is 1.84. The third-order valence-electron chi connectivity index (χ3n) is 4.94. The van der Waals surface area contributed by atoms with Gasteiger partial charge in [0.2, 0.25) is 0 Å². The van der Waals surface area contributed by atoms with E-state index in [1.165, 1.54) is 25.6 Å². The van der Waals surface area contributed by atoms with Crippen molar-refractivity contribution in [1.82, 2.24) is 15.0 Å². The van der Waals surface area contributed by atoms with Crippen LogP contribution in [0.1, 0.15) is 16.8 Å². The first-order valence-corrected chi connectivity index (χ1v) is 12.3. The Kier molecular flexibility index (Phi) is 7.23. The van der Waals surface area contributed by atoms with Crippen molar-refractivity contribution in [3.8, 4) is 0 Å². The summed E-state index contributed by atoms with van der Waals surface area (Å²) in [6.45, 7) is -0.0911. The number of rotatable bonds is 7. The number of pyridine rings is 2. The lowest BCUT2D eigenvalue weighted by molar-refractivity contribution is -0.137. The van der Waals surface area contributed by atoms with Crippen molar-refractivity contribution >= 4 is 55.7 Å². The molecule has 0 aliphatic heterocycles. The van der Waals surface area contributed by atoms with E-state index in [-0.39, 0.29) is 28.8 Å². The van der Waals surface area contributed by atoms with Gasteiger partial charge in [0.05, 0.1) is 31.9 Å². The minimum atomic E-state index is -4.85. The number of benzene rings is 1. The average molecular weight is 558 g/mol. The zero-order valence-electron chi connectivity index (χ0n) is 18.3. The van der Waals surface area contributed by atoms with Crippen LogP contribution in [-0.4, -0.2) is 42.9 Å². The quantitative estimate of drug-likeness (QED) is 0.290. The number of nitrogens with one attached hydrogen (secondary N) is 2. The molecule has 2 N–H and O–H groups in total. The number of hydrogen-bond acceptors (Lipinski definition) is 6. The summed E-state index contributed by atoms with van der Waals surface area (Å²) in [5.74, 6) is 0. The fourth-order valence-corrected chi connectivity index (χ4v) is 4.85. The highest BCUT2D eigenvalue weighted by atomic mass is 35.5. The van der Waals surface area contributed by atoms with Gasteiger partial charge in [-0.25, -0.2) is 13.4 Å². The van der Waals surface area contributed by atoms with Crippen molar-refractivity contribution < 1.29 is 26.3 Å². The minimum absolute atomic E-state index is 0.0683. The number of halogens is 5. The number of fused-ring (bicyclic) bond motifs is 1. The molecule has 4 aromatic rings. The lowest BCUT2D eigenvalue weighted by Crippen LogP contribution is -2.19. The molecule has 0 fully saturated rings. The summed E-state index contributed by atoms with van der Waals surface area (Å²) in [7, 11) is -3.10. The molecule has 1 aromatic carbocycles. The molecule has 0 saturated heterocycles. The fraction of sp³-hybridized carbons (Fsp3) is 0.136. The Labute approximate surface area is 213 Å². The van der Waals surface area contributed by atoms with Crippen LogP contribution in [0.3, 0.4) is 0 Å². The molecule has 4 rings (SSSR count). The fourth-order valence-electron chi connectivity index (χ4n) is 3.38. The zero-order chi connectivity index (χ0) is 26.1. The summed E-state index contributed by atoms with van der Waals surface area (Å²) in [5.41, 5.74) is 0.0184. The molecule has 0 radical (unpaired) electrons. The van der Waals surface area contributed by atoms with Crippen LogP contribution >= 0.6 is 23.2 Å². The first-order chi connectivity index (χ1) is 17.0. The van der Waals surface area contributed by atoms with E-state index in [1.54, 1.807) is 18.3 Å². The van der Waals surface area contributed by atoms with Crippen molar-refractivity contribution in [3.63, 3.8) is 0 Å². The van der Waals surface area contributed by atoms with Crippen molar-refractivity contribution in [1.29, 1.82) is 0 Å². The monoisotopic (exact) mass is 557 g/mol. The number of ether oxygens (including phenoxy) is 1. The van der Waals surface area contributed by atoms with E-state index in [9.17, 15) is 21.6 Å². The largest absolute Gasteiger partial charge is 0.417 e. The van der Waals surface area contributed by atoms with E-state index in [0.29, 0.717) is 22.7 Å². The van der Waals surface area contributed by atoms with Crippen LogP contribution in [0.2, 0.25) is 10.0 Å². The molecule has 0 aliphatic rings. The van der Waals surface area contributed by atoms with Gasteiger partial charge in [-0.15, -0.1) is 0 Å².